The number of hydrogen-bond acceptors (Lipinski definition) is 3. The minimum Gasteiger partial charge on any atom is -0.384 e. The van der Waals surface area contributed by atoms with Crippen LogP contribution in [0.4, 0.5) is 0 Å². The Hall–Kier alpha value is -1.64. The fourth-order valence-electron chi connectivity index (χ4n) is 2.09. The average Bonchev–Trinajstić information content (AvgIpc) is 2.46. The Balaban J connectivity index is 2.28. The lowest BCUT2D eigenvalue weighted by atomic mass is 10.0. The van der Waals surface area contributed by atoms with Crippen molar-refractivity contribution in [3.05, 3.63) is 34.9 Å². The Kier molecular flexibility index (Phi) is 4.94. The molecular formula is C15H17NO3S. The van der Waals surface area contributed by atoms with Gasteiger partial charge in [0.05, 0.1) is 5.56 Å². The zero-order valence-electron chi connectivity index (χ0n) is 11.4. The molecule has 0 radical (unpaired) electrons. The van der Waals surface area contributed by atoms with Crippen molar-refractivity contribution in [3.8, 4) is 11.8 Å². The van der Waals surface area contributed by atoms with E-state index in [0.29, 0.717) is 35.7 Å². The lowest BCUT2D eigenvalue weighted by molar-refractivity contribution is 0.0771. The standard InChI is InChI=1S/C15H17NO3S/c1-12-4-5-13(3-2-8-17)14(11-12)15(18)16-6-9-20(19)10-7-16/h4-5,11,17H,6-10H2,1H3. The second-order valence-electron chi connectivity index (χ2n) is 4.65. The van der Waals surface area contributed by atoms with Gasteiger partial charge in [0.2, 0.25) is 0 Å². The van der Waals surface area contributed by atoms with Gasteiger partial charge in [-0.15, -0.1) is 0 Å². The molecule has 0 saturated carbocycles. The van der Waals surface area contributed by atoms with E-state index in [-0.39, 0.29) is 12.5 Å². The van der Waals surface area contributed by atoms with Crippen molar-refractivity contribution in [1.29, 1.82) is 0 Å². The normalized spacial score (nSPS) is 15.6. The molecule has 20 heavy (non-hydrogen) atoms. The van der Waals surface area contributed by atoms with E-state index < -0.39 is 10.8 Å². The first-order valence-corrected chi connectivity index (χ1v) is 7.95. The van der Waals surface area contributed by atoms with Crippen LogP contribution in [0, 0.1) is 18.8 Å². The van der Waals surface area contributed by atoms with E-state index in [2.05, 4.69) is 11.8 Å². The number of hydrogen-bond donors (Lipinski definition) is 1. The smallest absolute Gasteiger partial charge is 0.255 e. The first kappa shape index (κ1) is 14.8. The topological polar surface area (TPSA) is 57.6 Å². The molecular weight excluding hydrogens is 274 g/mol. The highest BCUT2D eigenvalue weighted by Crippen LogP contribution is 2.15. The average molecular weight is 291 g/mol. The number of aliphatic hydroxyl groups is 1. The Morgan fingerprint density at radius 2 is 2.10 bits per heavy atom. The summed E-state index contributed by atoms with van der Waals surface area (Å²) < 4.78 is 11.4. The van der Waals surface area contributed by atoms with Crippen LogP contribution in [0.2, 0.25) is 0 Å². The quantitative estimate of drug-likeness (QED) is 0.769. The molecule has 0 atom stereocenters. The highest BCUT2D eigenvalue weighted by molar-refractivity contribution is 7.85. The summed E-state index contributed by atoms with van der Waals surface area (Å²) in [5.74, 6) is 6.38. The highest BCUT2D eigenvalue weighted by atomic mass is 32.2. The van der Waals surface area contributed by atoms with Crippen LogP contribution in [0.3, 0.4) is 0 Å². The molecule has 1 saturated heterocycles. The predicted molar refractivity (Wildman–Crippen MR) is 78.9 cm³/mol. The third-order valence-corrected chi connectivity index (χ3v) is 4.45. The maximum Gasteiger partial charge on any atom is 0.255 e. The second kappa shape index (κ2) is 6.69. The SMILES string of the molecule is Cc1ccc(C#CCO)c(C(=O)N2CCS(=O)CC2)c1. The molecule has 0 aromatic heterocycles. The third kappa shape index (κ3) is 3.47. The summed E-state index contributed by atoms with van der Waals surface area (Å²) in [5.41, 5.74) is 2.17. The highest BCUT2D eigenvalue weighted by Gasteiger charge is 2.22. The van der Waals surface area contributed by atoms with Crippen LogP contribution < -0.4 is 0 Å². The van der Waals surface area contributed by atoms with Gasteiger partial charge in [0.15, 0.2) is 0 Å². The number of nitrogens with zero attached hydrogens (tertiary/aromatic N) is 1. The van der Waals surface area contributed by atoms with Crippen LogP contribution in [0.25, 0.3) is 0 Å². The largest absolute Gasteiger partial charge is 0.384 e. The zero-order chi connectivity index (χ0) is 14.5. The summed E-state index contributed by atoms with van der Waals surface area (Å²) in [4.78, 5) is 14.3. The van der Waals surface area contributed by atoms with E-state index in [0.717, 1.165) is 5.56 Å². The van der Waals surface area contributed by atoms with Crippen molar-refractivity contribution in [2.45, 2.75) is 6.92 Å². The van der Waals surface area contributed by atoms with Gasteiger partial charge in [-0.25, -0.2) is 0 Å². The van der Waals surface area contributed by atoms with Gasteiger partial charge in [-0.05, 0) is 19.1 Å². The maximum atomic E-state index is 12.5. The molecule has 106 valence electrons. The minimum atomic E-state index is -0.803. The molecule has 1 aliphatic rings. The molecule has 1 aliphatic heterocycles. The van der Waals surface area contributed by atoms with Gasteiger partial charge < -0.3 is 10.0 Å². The molecule has 1 amide bonds. The summed E-state index contributed by atoms with van der Waals surface area (Å²) in [6, 6.07) is 5.51. The van der Waals surface area contributed by atoms with Crippen molar-refractivity contribution in [2.24, 2.45) is 0 Å². The lowest BCUT2D eigenvalue weighted by Crippen LogP contribution is -2.42. The van der Waals surface area contributed by atoms with Gasteiger partial charge in [-0.1, -0.05) is 23.5 Å². The number of benzene rings is 1. The van der Waals surface area contributed by atoms with Gasteiger partial charge in [0, 0.05) is 41.0 Å². The number of aryl methyl sites for hydroxylation is 1. The van der Waals surface area contributed by atoms with Crippen molar-refractivity contribution in [1.82, 2.24) is 4.90 Å². The molecule has 1 aromatic rings. The summed E-state index contributed by atoms with van der Waals surface area (Å²) >= 11 is 0. The number of amides is 1. The lowest BCUT2D eigenvalue weighted by Gasteiger charge is -2.26. The first-order chi connectivity index (χ1) is 9.61. The van der Waals surface area contributed by atoms with Crippen LogP contribution in [-0.4, -0.2) is 51.3 Å². The second-order valence-corrected chi connectivity index (χ2v) is 6.35. The van der Waals surface area contributed by atoms with Crippen molar-refractivity contribution < 1.29 is 14.1 Å². The van der Waals surface area contributed by atoms with E-state index in [1.807, 2.05) is 19.1 Å². The first-order valence-electron chi connectivity index (χ1n) is 6.46. The number of aliphatic hydroxyl groups excluding tert-OH is 1. The van der Waals surface area contributed by atoms with Crippen molar-refractivity contribution in [3.63, 3.8) is 0 Å². The molecule has 5 heteroatoms. The molecule has 2 rings (SSSR count). The van der Waals surface area contributed by atoms with Crippen LogP contribution in [0.15, 0.2) is 18.2 Å². The Bertz CT molecular complexity index is 591. The number of carbonyl (C=O) groups excluding carboxylic acids is 1. The molecule has 0 spiro atoms. The molecule has 0 unspecified atom stereocenters. The Morgan fingerprint density at radius 3 is 2.75 bits per heavy atom. The molecule has 1 N–H and O–H groups in total. The van der Waals surface area contributed by atoms with Crippen LogP contribution in [-0.2, 0) is 10.8 Å². The Labute approximate surface area is 121 Å². The molecule has 0 bridgehead atoms. The van der Waals surface area contributed by atoms with Crippen LogP contribution >= 0.6 is 0 Å². The minimum absolute atomic E-state index is 0.0763. The van der Waals surface area contributed by atoms with Gasteiger partial charge in [-0.3, -0.25) is 9.00 Å². The molecule has 1 heterocycles. The fraction of sp³-hybridized carbons (Fsp3) is 0.400. The van der Waals surface area contributed by atoms with E-state index in [1.165, 1.54) is 0 Å². The van der Waals surface area contributed by atoms with Crippen molar-refractivity contribution in [2.75, 3.05) is 31.2 Å². The van der Waals surface area contributed by atoms with E-state index in [9.17, 15) is 9.00 Å². The number of rotatable bonds is 1. The van der Waals surface area contributed by atoms with Crippen LogP contribution in [0.1, 0.15) is 21.5 Å². The summed E-state index contributed by atoms with van der Waals surface area (Å²) in [6.07, 6.45) is 0. The van der Waals surface area contributed by atoms with Gasteiger partial charge >= 0.3 is 0 Å². The maximum absolute atomic E-state index is 12.5. The van der Waals surface area contributed by atoms with Gasteiger partial charge in [0.1, 0.15) is 6.61 Å². The van der Waals surface area contributed by atoms with Gasteiger partial charge in [-0.2, -0.15) is 0 Å². The molecule has 4 nitrogen and oxygen atoms in total. The number of carbonyl (C=O) groups is 1. The molecule has 1 aromatic carbocycles. The monoisotopic (exact) mass is 291 g/mol. The van der Waals surface area contributed by atoms with Gasteiger partial charge in [0.25, 0.3) is 5.91 Å². The van der Waals surface area contributed by atoms with E-state index in [4.69, 9.17) is 5.11 Å². The van der Waals surface area contributed by atoms with E-state index in [1.54, 1.807) is 11.0 Å². The summed E-state index contributed by atoms with van der Waals surface area (Å²) in [7, 11) is -0.803. The predicted octanol–water partition coefficient (Wildman–Crippen LogP) is 0.543. The summed E-state index contributed by atoms with van der Waals surface area (Å²) in [6.45, 7) is 2.73. The Morgan fingerprint density at radius 1 is 1.40 bits per heavy atom. The fourth-order valence-corrected chi connectivity index (χ4v) is 3.14. The molecule has 0 aliphatic carbocycles. The van der Waals surface area contributed by atoms with Crippen molar-refractivity contribution >= 4 is 16.7 Å². The van der Waals surface area contributed by atoms with E-state index >= 15 is 0 Å². The zero-order valence-corrected chi connectivity index (χ0v) is 12.2. The van der Waals surface area contributed by atoms with Crippen LogP contribution in [0.5, 0.6) is 0 Å². The third-order valence-electron chi connectivity index (χ3n) is 3.17. The summed E-state index contributed by atoms with van der Waals surface area (Å²) in [5, 5.41) is 8.79. The molecule has 1 fully saturated rings.